The van der Waals surface area contributed by atoms with Gasteiger partial charge in [-0.25, -0.2) is 4.79 Å². The molecule has 0 fully saturated rings. The molecule has 0 saturated heterocycles. The van der Waals surface area contributed by atoms with Crippen molar-refractivity contribution in [2.45, 2.75) is 39.7 Å². The minimum absolute atomic E-state index is 0.0713. The van der Waals surface area contributed by atoms with Crippen LogP contribution in [0, 0.1) is 5.92 Å². The number of carbonyl (C=O) groups is 3. The number of urea groups is 1. The molecule has 1 aliphatic rings. The lowest BCUT2D eigenvalue weighted by Gasteiger charge is -2.27. The van der Waals surface area contributed by atoms with E-state index < -0.39 is 12.1 Å². The van der Waals surface area contributed by atoms with E-state index in [0.717, 1.165) is 23.2 Å². The largest absolute Gasteiger partial charge is 0.466 e. The number of para-hydroxylation sites is 1. The molecule has 2 N–H and O–H groups in total. The summed E-state index contributed by atoms with van der Waals surface area (Å²) in [6, 6.07) is 13.7. The topological polar surface area (TPSA) is 87.7 Å². The SMILES string of the molecule is CCOC(=O)Cc1ccc(NC(=O)N[C@@H](C(=O)N2CCc3ccccc32)C(C)C)cc1. The van der Waals surface area contributed by atoms with Crippen LogP contribution in [-0.2, 0) is 27.2 Å². The van der Waals surface area contributed by atoms with Crippen LogP contribution >= 0.6 is 0 Å². The zero-order valence-corrected chi connectivity index (χ0v) is 18.2. The third kappa shape index (κ3) is 5.63. The van der Waals surface area contributed by atoms with Crippen molar-refractivity contribution >= 4 is 29.3 Å². The molecular formula is C24H29N3O4. The van der Waals surface area contributed by atoms with Gasteiger partial charge in [0, 0.05) is 17.9 Å². The Morgan fingerprint density at radius 2 is 1.77 bits per heavy atom. The molecule has 0 aliphatic carbocycles. The van der Waals surface area contributed by atoms with Crippen LogP contribution in [0.5, 0.6) is 0 Å². The summed E-state index contributed by atoms with van der Waals surface area (Å²) in [5.74, 6) is -0.472. The minimum atomic E-state index is -0.644. The highest BCUT2D eigenvalue weighted by molar-refractivity contribution is 6.02. The minimum Gasteiger partial charge on any atom is -0.466 e. The molecule has 1 atom stereocenters. The summed E-state index contributed by atoms with van der Waals surface area (Å²) in [7, 11) is 0. The molecule has 0 aromatic heterocycles. The molecule has 3 rings (SSSR count). The molecule has 0 radical (unpaired) electrons. The number of benzene rings is 2. The van der Waals surface area contributed by atoms with Crippen LogP contribution in [0.4, 0.5) is 16.2 Å². The van der Waals surface area contributed by atoms with Crippen LogP contribution in [0.15, 0.2) is 48.5 Å². The van der Waals surface area contributed by atoms with Gasteiger partial charge in [-0.3, -0.25) is 9.59 Å². The van der Waals surface area contributed by atoms with Crippen molar-refractivity contribution in [3.8, 4) is 0 Å². The van der Waals surface area contributed by atoms with E-state index in [2.05, 4.69) is 10.6 Å². The first-order chi connectivity index (χ1) is 14.9. The Kier molecular flexibility index (Phi) is 7.28. The van der Waals surface area contributed by atoms with E-state index in [1.165, 1.54) is 0 Å². The van der Waals surface area contributed by atoms with Gasteiger partial charge in [0.15, 0.2) is 0 Å². The first kappa shape index (κ1) is 22.3. The Morgan fingerprint density at radius 1 is 1.06 bits per heavy atom. The van der Waals surface area contributed by atoms with Gasteiger partial charge in [0.05, 0.1) is 13.0 Å². The maximum Gasteiger partial charge on any atom is 0.319 e. The van der Waals surface area contributed by atoms with Gasteiger partial charge in [-0.05, 0) is 48.6 Å². The van der Waals surface area contributed by atoms with Crippen molar-refractivity contribution in [2.75, 3.05) is 23.4 Å². The van der Waals surface area contributed by atoms with Gasteiger partial charge in [-0.2, -0.15) is 0 Å². The number of nitrogens with zero attached hydrogens (tertiary/aromatic N) is 1. The quantitative estimate of drug-likeness (QED) is 0.667. The Bertz CT molecular complexity index is 940. The number of hydrogen-bond donors (Lipinski definition) is 2. The van der Waals surface area contributed by atoms with Crippen molar-refractivity contribution < 1.29 is 19.1 Å². The number of ether oxygens (including phenoxy) is 1. The van der Waals surface area contributed by atoms with Crippen LogP contribution in [0.3, 0.4) is 0 Å². The lowest BCUT2D eigenvalue weighted by Crippen LogP contribution is -2.52. The number of hydrogen-bond acceptors (Lipinski definition) is 4. The number of nitrogens with one attached hydrogen (secondary N) is 2. The van der Waals surface area contributed by atoms with Crippen molar-refractivity contribution in [1.82, 2.24) is 5.32 Å². The second kappa shape index (κ2) is 10.1. The van der Waals surface area contributed by atoms with Gasteiger partial charge in [0.25, 0.3) is 0 Å². The first-order valence-electron chi connectivity index (χ1n) is 10.6. The van der Waals surface area contributed by atoms with Gasteiger partial charge in [0.1, 0.15) is 6.04 Å². The summed E-state index contributed by atoms with van der Waals surface area (Å²) < 4.78 is 4.94. The zero-order chi connectivity index (χ0) is 22.4. The van der Waals surface area contributed by atoms with Crippen molar-refractivity contribution in [3.63, 3.8) is 0 Å². The van der Waals surface area contributed by atoms with Gasteiger partial charge < -0.3 is 20.3 Å². The van der Waals surface area contributed by atoms with E-state index in [1.54, 1.807) is 36.1 Å². The predicted molar refractivity (Wildman–Crippen MR) is 120 cm³/mol. The van der Waals surface area contributed by atoms with Gasteiger partial charge in [0.2, 0.25) is 5.91 Å². The summed E-state index contributed by atoms with van der Waals surface area (Å²) in [5, 5.41) is 5.58. The highest BCUT2D eigenvalue weighted by atomic mass is 16.5. The van der Waals surface area contributed by atoms with E-state index in [4.69, 9.17) is 4.74 Å². The van der Waals surface area contributed by atoms with E-state index in [0.29, 0.717) is 18.8 Å². The predicted octanol–water partition coefficient (Wildman–Crippen LogP) is 3.53. The molecule has 1 aliphatic heterocycles. The number of carbonyl (C=O) groups excluding carboxylic acids is 3. The fourth-order valence-electron chi connectivity index (χ4n) is 3.64. The zero-order valence-electron chi connectivity index (χ0n) is 18.2. The van der Waals surface area contributed by atoms with E-state index in [1.807, 2.05) is 38.1 Å². The Hall–Kier alpha value is -3.35. The molecule has 31 heavy (non-hydrogen) atoms. The average molecular weight is 424 g/mol. The lowest BCUT2D eigenvalue weighted by molar-refractivity contribution is -0.142. The maximum atomic E-state index is 13.2. The second-order valence-corrected chi connectivity index (χ2v) is 7.87. The number of esters is 1. The van der Waals surface area contributed by atoms with Gasteiger partial charge >= 0.3 is 12.0 Å². The lowest BCUT2D eigenvalue weighted by atomic mass is 10.0. The fourth-order valence-corrected chi connectivity index (χ4v) is 3.64. The van der Waals surface area contributed by atoms with Crippen LogP contribution in [0.2, 0.25) is 0 Å². The number of rotatable bonds is 7. The molecule has 7 nitrogen and oxygen atoms in total. The standard InChI is InChI=1S/C24H29N3O4/c1-4-31-21(28)15-17-9-11-19(12-10-17)25-24(30)26-22(16(2)3)23(29)27-14-13-18-7-5-6-8-20(18)27/h5-12,16,22H,4,13-15H2,1-3H3,(H2,25,26,30)/t22-/m1/s1. The van der Waals surface area contributed by atoms with Crippen LogP contribution < -0.4 is 15.5 Å². The normalized spacial score (nSPS) is 13.5. The highest BCUT2D eigenvalue weighted by Gasteiger charge is 2.32. The molecule has 164 valence electrons. The van der Waals surface area contributed by atoms with Crippen molar-refractivity contribution in [3.05, 3.63) is 59.7 Å². The Morgan fingerprint density at radius 3 is 2.45 bits per heavy atom. The molecule has 2 aromatic carbocycles. The van der Waals surface area contributed by atoms with Crippen molar-refractivity contribution in [1.29, 1.82) is 0 Å². The summed E-state index contributed by atoms with van der Waals surface area (Å²) in [6.45, 7) is 6.55. The molecule has 1 heterocycles. The number of amides is 3. The molecule has 0 bridgehead atoms. The molecule has 0 spiro atoms. The first-order valence-corrected chi connectivity index (χ1v) is 10.6. The third-order valence-electron chi connectivity index (χ3n) is 5.24. The van der Waals surface area contributed by atoms with Crippen LogP contribution in [0.1, 0.15) is 31.9 Å². The van der Waals surface area contributed by atoms with E-state index in [9.17, 15) is 14.4 Å². The summed E-state index contributed by atoms with van der Waals surface area (Å²) >= 11 is 0. The van der Waals surface area contributed by atoms with E-state index >= 15 is 0 Å². The van der Waals surface area contributed by atoms with E-state index in [-0.39, 0.29) is 24.2 Å². The Balaban J connectivity index is 1.61. The molecule has 7 heteroatoms. The van der Waals surface area contributed by atoms with Gasteiger partial charge in [-0.15, -0.1) is 0 Å². The summed E-state index contributed by atoms with van der Waals surface area (Å²) in [6.07, 6.45) is 0.999. The summed E-state index contributed by atoms with van der Waals surface area (Å²) in [4.78, 5) is 39.1. The Labute approximate surface area is 182 Å². The van der Waals surface area contributed by atoms with Crippen LogP contribution in [-0.4, -0.2) is 37.1 Å². The van der Waals surface area contributed by atoms with Gasteiger partial charge in [-0.1, -0.05) is 44.2 Å². The average Bonchev–Trinajstić information content (AvgIpc) is 3.17. The fraction of sp³-hybridized carbons (Fsp3) is 0.375. The maximum absolute atomic E-state index is 13.2. The molecule has 0 unspecified atom stereocenters. The molecule has 0 saturated carbocycles. The summed E-state index contributed by atoms with van der Waals surface area (Å²) in [5.41, 5.74) is 3.43. The third-order valence-corrected chi connectivity index (χ3v) is 5.24. The molecule has 2 aromatic rings. The molecule has 3 amide bonds. The monoisotopic (exact) mass is 423 g/mol. The smallest absolute Gasteiger partial charge is 0.319 e. The number of anilines is 2. The highest BCUT2D eigenvalue weighted by Crippen LogP contribution is 2.28. The molecular weight excluding hydrogens is 394 g/mol. The van der Waals surface area contributed by atoms with Crippen molar-refractivity contribution in [2.24, 2.45) is 5.92 Å². The second-order valence-electron chi connectivity index (χ2n) is 7.87. The van der Waals surface area contributed by atoms with Crippen LogP contribution in [0.25, 0.3) is 0 Å². The number of fused-ring (bicyclic) bond motifs is 1.